The molecular weight excluding hydrogens is 1290 g/mol. The first kappa shape index (κ1) is 71.4. The first-order valence-electron chi connectivity index (χ1n) is 39.0. The maximum Gasteiger partial charge on any atom is 0.252 e. The normalized spacial score (nSPS) is 13.6. The Bertz CT molecular complexity index is 5510. The van der Waals surface area contributed by atoms with Crippen molar-refractivity contribution in [1.82, 2.24) is 24.1 Å². The first-order valence-corrected chi connectivity index (χ1v) is 39.0. The van der Waals surface area contributed by atoms with Crippen LogP contribution < -0.4 is 16.4 Å². The Morgan fingerprint density at radius 2 is 0.523 bits per heavy atom. The van der Waals surface area contributed by atoms with E-state index in [1.54, 1.807) is 0 Å². The molecule has 107 heavy (non-hydrogen) atoms. The van der Waals surface area contributed by atoms with Crippen molar-refractivity contribution in [1.29, 1.82) is 0 Å². The van der Waals surface area contributed by atoms with Crippen LogP contribution in [0.3, 0.4) is 0 Å². The van der Waals surface area contributed by atoms with Gasteiger partial charge in [-0.1, -0.05) is 336 Å². The molecule has 538 valence electrons. The zero-order valence-electron chi connectivity index (χ0n) is 67.9. The predicted molar refractivity (Wildman–Crippen MR) is 461 cm³/mol. The average molecular weight is 1400 g/mol. The van der Waals surface area contributed by atoms with Crippen LogP contribution in [0, 0.1) is 0 Å². The summed E-state index contributed by atoms with van der Waals surface area (Å²) < 4.78 is 5.32. The predicted octanol–water partition coefficient (Wildman–Crippen LogP) is 25.3. The lowest BCUT2D eigenvalue weighted by molar-refractivity contribution is 0.568. The van der Waals surface area contributed by atoms with Crippen molar-refractivity contribution in [3.05, 3.63) is 251 Å². The Balaban J connectivity index is 1.10. The van der Waals surface area contributed by atoms with Crippen molar-refractivity contribution in [2.75, 3.05) is 0 Å². The van der Waals surface area contributed by atoms with Crippen molar-refractivity contribution in [3.63, 3.8) is 0 Å². The Hall–Kier alpha value is -9.91. The van der Waals surface area contributed by atoms with Gasteiger partial charge in [-0.3, -0.25) is 0 Å². The zero-order valence-corrected chi connectivity index (χ0v) is 67.9. The van der Waals surface area contributed by atoms with Crippen molar-refractivity contribution in [3.8, 4) is 90.0 Å². The molecule has 16 rings (SSSR count). The van der Waals surface area contributed by atoms with Gasteiger partial charge >= 0.3 is 0 Å². The summed E-state index contributed by atoms with van der Waals surface area (Å²) in [6, 6.07) is 80.3. The minimum absolute atomic E-state index is 0.0708. The molecule has 0 amide bonds. The number of fused-ring (bicyclic) bond motifs is 10. The van der Waals surface area contributed by atoms with Crippen LogP contribution in [-0.4, -0.2) is 30.8 Å². The minimum atomic E-state index is -0.194. The van der Waals surface area contributed by atoms with Crippen LogP contribution in [0.25, 0.3) is 134 Å². The highest BCUT2D eigenvalue weighted by molar-refractivity contribution is 7.00. The summed E-state index contributed by atoms with van der Waals surface area (Å²) in [6.07, 6.45) is 0. The Morgan fingerprint density at radius 1 is 0.243 bits per heavy atom. The van der Waals surface area contributed by atoms with Gasteiger partial charge in [-0.2, -0.15) is 0 Å². The van der Waals surface area contributed by atoms with E-state index in [0.717, 1.165) is 39.1 Å². The zero-order chi connectivity index (χ0) is 76.1. The Morgan fingerprint density at radius 3 is 0.813 bits per heavy atom. The first-order chi connectivity index (χ1) is 50.1. The van der Waals surface area contributed by atoms with Crippen molar-refractivity contribution in [2.45, 2.75) is 209 Å². The molecule has 6 heteroatoms. The molecule has 5 nitrogen and oxygen atoms in total. The number of nitrogens with zero attached hydrogens (tertiary/aromatic N) is 5. The second-order valence-electron chi connectivity index (χ2n) is 39.6. The fourth-order valence-corrected chi connectivity index (χ4v) is 16.6. The van der Waals surface area contributed by atoms with E-state index < -0.39 is 0 Å². The standard InChI is InChI=1S/C101H106BN5/c1-94(2,3)68-43-63(44-69(55-68)95(4,5)6)61-35-41-82-78(51-61)86-76(65-47-72(98(13,14)15)57-73(48-65)99(16,17)18)37-39-80-89(86)106(82)84-53-67(93-104-91(59-31-27-25-28-32-59)103-92(105-93)60-33-29-26-30-34-60)54-85-88(84)102(80)81-40-38-77(66-49-74(100(19,20)21)58-75(50-66)101(22,23)24)87-79-52-62(36-42-83(79)107(85)90(81)87)64-45-70(96(7,8)9)56-71(46-64)97(10,11)12/h25-58H,1-24H3. The number of aromatic nitrogens is 5. The fraction of sp³-hybridized carbons (Fsp3) is 0.317. The number of rotatable bonds is 7. The SMILES string of the molecule is CC(C)(C)c1cc(-c2ccc3c(c2)c2c(-c4cc(C(C)(C)C)cc(C(C)(C)C)c4)ccc4c2n3-c2cc(-c3nc(-c5ccccc5)nc(-c5ccccc5)n3)cc3c2B4c2ccc(-c4cc(C(C)(C)C)cc(C(C)(C)C)c4)c4c5cc(-c6cc(C(C)(C)C)cc(C(C)(C)C)c6)ccc5n-3c24)cc(C(C)(C)C)c1. The van der Waals surface area contributed by atoms with E-state index in [2.05, 4.69) is 382 Å². The van der Waals surface area contributed by atoms with Gasteiger partial charge in [0.1, 0.15) is 0 Å². The van der Waals surface area contributed by atoms with Gasteiger partial charge in [-0.25, -0.2) is 15.0 Å². The molecule has 0 bridgehead atoms. The molecule has 14 aromatic rings. The van der Waals surface area contributed by atoms with Gasteiger partial charge in [0.25, 0.3) is 6.71 Å². The van der Waals surface area contributed by atoms with Crippen LogP contribution in [-0.2, 0) is 43.3 Å². The largest absolute Gasteiger partial charge is 0.310 e. The number of hydrogen-bond acceptors (Lipinski definition) is 3. The smallest absolute Gasteiger partial charge is 0.252 e. The van der Waals surface area contributed by atoms with E-state index in [4.69, 9.17) is 15.0 Å². The summed E-state index contributed by atoms with van der Waals surface area (Å²) in [6.45, 7) is 56.4. The Labute approximate surface area is 637 Å². The van der Waals surface area contributed by atoms with Crippen LogP contribution in [0.4, 0.5) is 0 Å². The van der Waals surface area contributed by atoms with Gasteiger partial charge in [0.15, 0.2) is 17.5 Å². The maximum atomic E-state index is 5.61. The van der Waals surface area contributed by atoms with Crippen LogP contribution in [0.2, 0.25) is 0 Å². The third-order valence-electron chi connectivity index (χ3n) is 23.3. The molecule has 0 spiro atoms. The lowest BCUT2D eigenvalue weighted by Crippen LogP contribution is -2.59. The van der Waals surface area contributed by atoms with E-state index in [1.807, 2.05) is 0 Å². The molecule has 2 aliphatic heterocycles. The van der Waals surface area contributed by atoms with Crippen LogP contribution in [0.1, 0.15) is 211 Å². The Kier molecular flexibility index (Phi) is 16.2. The molecule has 0 fully saturated rings. The average Bonchev–Trinajstić information content (AvgIpc) is 1.54. The maximum absolute atomic E-state index is 5.61. The lowest BCUT2D eigenvalue weighted by atomic mass is 9.34. The summed E-state index contributed by atoms with van der Waals surface area (Å²) in [5.74, 6) is 1.86. The summed E-state index contributed by atoms with van der Waals surface area (Å²) >= 11 is 0. The molecule has 0 saturated carbocycles. The molecule has 0 atom stereocenters. The topological polar surface area (TPSA) is 48.5 Å². The van der Waals surface area contributed by atoms with Crippen LogP contribution in [0.5, 0.6) is 0 Å². The van der Waals surface area contributed by atoms with Gasteiger partial charge in [0.05, 0.1) is 11.0 Å². The van der Waals surface area contributed by atoms with Crippen LogP contribution >= 0.6 is 0 Å². The third-order valence-corrected chi connectivity index (χ3v) is 23.3. The highest BCUT2D eigenvalue weighted by atomic mass is 15.1. The summed E-state index contributed by atoms with van der Waals surface area (Å²) in [5.41, 5.74) is 33.3. The second kappa shape index (κ2) is 24.3. The fourth-order valence-electron chi connectivity index (χ4n) is 16.6. The van der Waals surface area contributed by atoms with Crippen molar-refractivity contribution >= 4 is 66.7 Å². The molecule has 2 aliphatic rings. The van der Waals surface area contributed by atoms with E-state index in [-0.39, 0.29) is 50.0 Å². The third kappa shape index (κ3) is 12.4. The van der Waals surface area contributed by atoms with E-state index in [0.29, 0.717) is 17.5 Å². The van der Waals surface area contributed by atoms with Gasteiger partial charge in [-0.15, -0.1) is 0 Å². The highest BCUT2D eigenvalue weighted by Gasteiger charge is 2.43. The molecule has 0 N–H and O–H groups in total. The molecule has 0 unspecified atom stereocenters. The van der Waals surface area contributed by atoms with E-state index in [1.165, 1.54) is 138 Å². The van der Waals surface area contributed by atoms with Gasteiger partial charge in [-0.05, 0) is 185 Å². The lowest BCUT2D eigenvalue weighted by Gasteiger charge is -2.34. The molecule has 0 aliphatic carbocycles. The van der Waals surface area contributed by atoms with Gasteiger partial charge < -0.3 is 9.13 Å². The summed E-state index contributed by atoms with van der Waals surface area (Å²) in [5, 5.41) is 4.96. The van der Waals surface area contributed by atoms with Gasteiger partial charge in [0.2, 0.25) is 0 Å². The summed E-state index contributed by atoms with van der Waals surface area (Å²) in [4.78, 5) is 16.5. The van der Waals surface area contributed by atoms with Crippen LogP contribution in [0.15, 0.2) is 206 Å². The summed E-state index contributed by atoms with van der Waals surface area (Å²) in [7, 11) is 0. The highest BCUT2D eigenvalue weighted by Crippen LogP contribution is 2.50. The molecule has 3 aromatic heterocycles. The van der Waals surface area contributed by atoms with E-state index >= 15 is 0 Å². The van der Waals surface area contributed by atoms with Gasteiger partial charge in [0, 0.05) is 60.6 Å². The quantitative estimate of drug-likeness (QED) is 0.149. The molecule has 11 aromatic carbocycles. The second-order valence-corrected chi connectivity index (χ2v) is 39.6. The molecule has 5 heterocycles. The number of hydrogen-bond donors (Lipinski definition) is 0. The van der Waals surface area contributed by atoms with E-state index in [9.17, 15) is 0 Å². The molecule has 0 radical (unpaired) electrons. The van der Waals surface area contributed by atoms with Crippen molar-refractivity contribution < 1.29 is 0 Å². The molecule has 0 saturated heterocycles. The number of benzene rings is 11. The van der Waals surface area contributed by atoms with Crippen molar-refractivity contribution in [2.24, 2.45) is 0 Å². The minimum Gasteiger partial charge on any atom is -0.310 e. The monoisotopic (exact) mass is 1400 g/mol. The molecular formula is C101H106BN5.